The molecule has 21 heavy (non-hydrogen) atoms. The fourth-order valence-corrected chi connectivity index (χ4v) is 3.45. The number of halogens is 2. The van der Waals surface area contributed by atoms with Crippen molar-refractivity contribution in [3.8, 4) is 5.69 Å². The predicted octanol–water partition coefficient (Wildman–Crippen LogP) is 4.04. The molecule has 1 aliphatic heterocycles. The number of fused-ring (bicyclic) bond motifs is 2. The predicted molar refractivity (Wildman–Crippen MR) is 84.8 cm³/mol. The van der Waals surface area contributed by atoms with Crippen LogP contribution in [0.2, 0.25) is 10.0 Å². The van der Waals surface area contributed by atoms with Crippen LogP contribution in [0.1, 0.15) is 0 Å². The largest absolute Gasteiger partial charge is 0.369 e. The van der Waals surface area contributed by atoms with E-state index in [2.05, 4.69) is 18.7 Å². The van der Waals surface area contributed by atoms with Gasteiger partial charge < -0.3 is 5.73 Å². The van der Waals surface area contributed by atoms with Crippen molar-refractivity contribution in [2.45, 2.75) is 0 Å². The third-order valence-electron chi connectivity index (χ3n) is 3.13. The Balaban J connectivity index is 2.14. The Morgan fingerprint density at radius 2 is 1.95 bits per heavy atom. The molecule has 0 spiro atoms. The zero-order chi connectivity index (χ0) is 14.6. The minimum atomic E-state index is 0.302. The molecule has 3 heterocycles. The van der Waals surface area contributed by atoms with Crippen LogP contribution in [-0.4, -0.2) is 14.5 Å². The highest BCUT2D eigenvalue weighted by Crippen LogP contribution is 2.47. The Morgan fingerprint density at radius 3 is 2.81 bits per heavy atom. The molecule has 0 bridgehead atoms. The van der Waals surface area contributed by atoms with Crippen LogP contribution in [-0.2, 0) is 11.4 Å². The van der Waals surface area contributed by atoms with Crippen molar-refractivity contribution in [1.82, 2.24) is 14.5 Å². The minimum absolute atomic E-state index is 0.302. The summed E-state index contributed by atoms with van der Waals surface area (Å²) in [4.78, 5) is 8.32. The quantitative estimate of drug-likeness (QED) is 0.569. The molecule has 2 N–H and O–H groups in total. The molecule has 104 valence electrons. The Bertz CT molecular complexity index is 974. The number of hydrogen-bond acceptors (Lipinski definition) is 5. The number of pyridine rings is 1. The lowest BCUT2D eigenvalue weighted by Crippen LogP contribution is -2.02. The van der Waals surface area contributed by atoms with E-state index in [0.29, 0.717) is 38.6 Å². The molecule has 0 unspecified atom stereocenters. The summed E-state index contributed by atoms with van der Waals surface area (Å²) in [5, 5.41) is 0.889. The number of imidazole rings is 1. The van der Waals surface area contributed by atoms with Crippen molar-refractivity contribution in [2.75, 3.05) is 5.73 Å². The maximum atomic E-state index is 6.36. The zero-order valence-corrected chi connectivity index (χ0v) is 12.6. The molecule has 2 aromatic heterocycles. The number of hydrogen-bond donors (Lipinski definition) is 1. The first kappa shape index (κ1) is 12.8. The molecule has 4 rings (SSSR count). The van der Waals surface area contributed by atoms with Gasteiger partial charge in [-0.15, -0.1) is 0 Å². The van der Waals surface area contributed by atoms with Crippen molar-refractivity contribution >= 4 is 62.9 Å². The third kappa shape index (κ3) is 1.78. The summed E-state index contributed by atoms with van der Waals surface area (Å²) < 4.78 is 10.2. The van der Waals surface area contributed by atoms with E-state index < -0.39 is 0 Å². The van der Waals surface area contributed by atoms with Crippen molar-refractivity contribution in [3.63, 3.8) is 0 Å². The summed E-state index contributed by atoms with van der Waals surface area (Å²) in [7, 11) is 0. The molecule has 0 aliphatic carbocycles. The first-order chi connectivity index (χ1) is 10.2. The molecule has 0 radical (unpaired) electrons. The molecular weight excluding hydrogens is 331 g/mol. The molecule has 9 heteroatoms. The molecule has 0 atom stereocenters. The summed E-state index contributed by atoms with van der Waals surface area (Å²) in [6.07, 6.45) is 3.31. The number of nitrogens with zero attached hydrogens (tertiary/aromatic N) is 5. The van der Waals surface area contributed by atoms with Crippen LogP contribution in [0.25, 0.3) is 16.7 Å². The number of nitrogens with two attached hydrogens (primary N) is 1. The standard InChI is InChI=1S/C12H6Cl2N6S/c13-5-3-6(14)11(10-9(5)18-21-19-10)20-8-1-2-16-4-7(8)17-12(20)15/h1-4H,(H2,15,17). The molecule has 0 fully saturated rings. The van der Waals surface area contributed by atoms with Crippen LogP contribution in [0.3, 0.4) is 0 Å². The minimum Gasteiger partial charge on any atom is -0.369 e. The fourth-order valence-electron chi connectivity index (χ4n) is 2.26. The Hall–Kier alpha value is -1.96. The van der Waals surface area contributed by atoms with Gasteiger partial charge in [0.2, 0.25) is 5.95 Å². The number of anilines is 1. The number of nitrogen functional groups attached to an aromatic ring is 1. The van der Waals surface area contributed by atoms with Gasteiger partial charge in [0.1, 0.15) is 16.9 Å². The van der Waals surface area contributed by atoms with Gasteiger partial charge in [-0.05, 0) is 12.1 Å². The van der Waals surface area contributed by atoms with E-state index in [9.17, 15) is 0 Å². The average Bonchev–Trinajstić information content (AvgIpc) is 3.04. The van der Waals surface area contributed by atoms with Crippen LogP contribution in [0.4, 0.5) is 17.3 Å². The van der Waals surface area contributed by atoms with E-state index in [-0.39, 0.29) is 0 Å². The van der Waals surface area contributed by atoms with E-state index in [1.165, 1.54) is 0 Å². The van der Waals surface area contributed by atoms with Crippen molar-refractivity contribution in [1.29, 1.82) is 0 Å². The zero-order valence-electron chi connectivity index (χ0n) is 10.3. The molecule has 6 nitrogen and oxygen atoms in total. The second-order valence-electron chi connectivity index (χ2n) is 4.32. The lowest BCUT2D eigenvalue weighted by Gasteiger charge is -2.12. The SMILES string of the molecule is Nc1nc2cnccc2n1-c1c(Cl)cc(Cl)c2c1N=S=N2. The molecule has 0 amide bonds. The van der Waals surface area contributed by atoms with E-state index in [1.54, 1.807) is 23.0 Å². The van der Waals surface area contributed by atoms with Gasteiger partial charge in [0.25, 0.3) is 0 Å². The highest BCUT2D eigenvalue weighted by Gasteiger charge is 2.23. The third-order valence-corrected chi connectivity index (χ3v) is 4.23. The average molecular weight is 337 g/mol. The van der Waals surface area contributed by atoms with Gasteiger partial charge in [-0.2, -0.15) is 8.73 Å². The van der Waals surface area contributed by atoms with Crippen molar-refractivity contribution < 1.29 is 0 Å². The summed E-state index contributed by atoms with van der Waals surface area (Å²) in [5.41, 5.74) is 9.32. The molecule has 0 saturated carbocycles. The molecule has 1 aromatic carbocycles. The van der Waals surface area contributed by atoms with Gasteiger partial charge in [0.15, 0.2) is 0 Å². The maximum absolute atomic E-state index is 6.36. The van der Waals surface area contributed by atoms with E-state index in [0.717, 1.165) is 16.9 Å². The van der Waals surface area contributed by atoms with Gasteiger partial charge in [0.05, 0.1) is 38.8 Å². The van der Waals surface area contributed by atoms with Crippen molar-refractivity contribution in [2.24, 2.45) is 8.73 Å². The number of benzene rings is 1. The Kier molecular flexibility index (Phi) is 2.75. The van der Waals surface area contributed by atoms with E-state index in [4.69, 9.17) is 28.9 Å². The van der Waals surface area contributed by atoms with Gasteiger partial charge >= 0.3 is 0 Å². The molecule has 0 saturated heterocycles. The van der Waals surface area contributed by atoms with Crippen LogP contribution < -0.4 is 5.73 Å². The highest BCUT2D eigenvalue weighted by atomic mass is 35.5. The second-order valence-corrected chi connectivity index (χ2v) is 5.66. The summed E-state index contributed by atoms with van der Waals surface area (Å²) in [5.74, 6) is 0.302. The molecule has 1 aliphatic rings. The highest BCUT2D eigenvalue weighted by molar-refractivity contribution is 7.58. The van der Waals surface area contributed by atoms with Crippen LogP contribution in [0.5, 0.6) is 0 Å². The first-order valence-electron chi connectivity index (χ1n) is 5.85. The van der Waals surface area contributed by atoms with Gasteiger partial charge in [-0.25, -0.2) is 4.98 Å². The summed E-state index contributed by atoms with van der Waals surface area (Å²) >= 11 is 13.6. The number of aromatic nitrogens is 3. The Morgan fingerprint density at radius 1 is 1.14 bits per heavy atom. The van der Waals surface area contributed by atoms with Gasteiger partial charge in [-0.3, -0.25) is 9.55 Å². The van der Waals surface area contributed by atoms with E-state index in [1.807, 2.05) is 6.07 Å². The maximum Gasteiger partial charge on any atom is 0.206 e. The molecule has 3 aromatic rings. The van der Waals surface area contributed by atoms with E-state index >= 15 is 0 Å². The van der Waals surface area contributed by atoms with Gasteiger partial charge in [0, 0.05) is 6.20 Å². The lowest BCUT2D eigenvalue weighted by atomic mass is 10.2. The lowest BCUT2D eigenvalue weighted by molar-refractivity contribution is 1.11. The first-order valence-corrected chi connectivity index (χ1v) is 7.34. The fraction of sp³-hybridized carbons (Fsp3) is 0. The van der Waals surface area contributed by atoms with Crippen molar-refractivity contribution in [3.05, 3.63) is 34.6 Å². The normalized spacial score (nSPS) is 12.7. The van der Waals surface area contributed by atoms with Crippen LogP contribution >= 0.6 is 23.2 Å². The molecular formula is C12H6Cl2N6S. The Labute approximate surface area is 132 Å². The van der Waals surface area contributed by atoms with Crippen LogP contribution in [0.15, 0.2) is 33.3 Å². The monoisotopic (exact) mass is 336 g/mol. The summed E-state index contributed by atoms with van der Waals surface area (Å²) in [6, 6.07) is 3.45. The second kappa shape index (κ2) is 4.52. The van der Waals surface area contributed by atoms with Crippen LogP contribution in [0, 0.1) is 0 Å². The number of rotatable bonds is 1. The smallest absolute Gasteiger partial charge is 0.206 e. The topological polar surface area (TPSA) is 81.5 Å². The van der Waals surface area contributed by atoms with Gasteiger partial charge in [-0.1, -0.05) is 23.2 Å². The summed E-state index contributed by atoms with van der Waals surface area (Å²) in [6.45, 7) is 0.